The first-order chi connectivity index (χ1) is 32.7. The molecule has 6 aromatic rings. The van der Waals surface area contributed by atoms with Gasteiger partial charge in [-0.1, -0.05) is 11.8 Å². The highest BCUT2D eigenvalue weighted by molar-refractivity contribution is 8.13. The lowest BCUT2D eigenvalue weighted by atomic mass is 10.1. The number of aromatic nitrogens is 6. The van der Waals surface area contributed by atoms with E-state index in [2.05, 4.69) is 83.8 Å². The molecule has 9 rings (SSSR count). The highest BCUT2D eigenvalue weighted by Gasteiger charge is 2.26. The van der Waals surface area contributed by atoms with E-state index >= 15 is 0 Å². The predicted octanol–water partition coefficient (Wildman–Crippen LogP) is 4.91. The van der Waals surface area contributed by atoms with Crippen LogP contribution in [0.5, 0.6) is 0 Å². The average Bonchev–Trinajstić information content (AvgIpc) is 4.20. The number of benzene rings is 3. The number of nitrogen functional groups attached to an aromatic ring is 1. The van der Waals surface area contributed by atoms with Crippen LogP contribution in [0.3, 0.4) is 0 Å². The lowest BCUT2D eigenvalue weighted by Gasteiger charge is -2.18. The van der Waals surface area contributed by atoms with E-state index in [1.165, 1.54) is 35.8 Å². The average molecular weight is 945 g/mol. The minimum absolute atomic E-state index is 0.324. The number of hydrogen-bond donors (Lipinski definition) is 8. The zero-order valence-electron chi connectivity index (χ0n) is 38.1. The summed E-state index contributed by atoms with van der Waals surface area (Å²) in [6, 6.07) is 11.6. The van der Waals surface area contributed by atoms with Gasteiger partial charge in [-0.2, -0.15) is 15.8 Å². The number of nitrogens with one attached hydrogen (secondary N) is 6. The molecule has 6 heterocycles. The molecule has 3 aliphatic rings. The third-order valence-electron chi connectivity index (χ3n) is 10.1. The lowest BCUT2D eigenvalue weighted by molar-refractivity contribution is -0.134. The van der Waals surface area contributed by atoms with Crippen LogP contribution in [0.4, 0.5) is 26.7 Å². The molecule has 3 aliphatic heterocycles. The van der Waals surface area contributed by atoms with Crippen LogP contribution in [-0.4, -0.2) is 140 Å². The highest BCUT2D eigenvalue weighted by atomic mass is 32.2. The van der Waals surface area contributed by atoms with Crippen molar-refractivity contribution >= 4 is 97.2 Å². The fourth-order valence-corrected chi connectivity index (χ4v) is 7.31. The van der Waals surface area contributed by atoms with Gasteiger partial charge in [-0.25, -0.2) is 29.4 Å². The number of carboxylic acids is 1. The van der Waals surface area contributed by atoms with Crippen LogP contribution < -0.4 is 21.7 Å². The van der Waals surface area contributed by atoms with Gasteiger partial charge in [0.1, 0.15) is 18.2 Å². The minimum Gasteiger partial charge on any atom is -0.481 e. The largest absolute Gasteiger partial charge is 0.481 e. The van der Waals surface area contributed by atoms with E-state index in [0.29, 0.717) is 71.2 Å². The Kier molecular flexibility index (Phi) is 17.2. The van der Waals surface area contributed by atoms with E-state index < -0.39 is 12.1 Å². The van der Waals surface area contributed by atoms with Crippen molar-refractivity contribution < 1.29 is 29.0 Å². The van der Waals surface area contributed by atoms with E-state index in [0.717, 1.165) is 75.6 Å². The number of carbonyl (C=O) groups is 3. The van der Waals surface area contributed by atoms with Crippen molar-refractivity contribution in [1.82, 2.24) is 45.0 Å². The Bertz CT molecular complexity index is 3060. The number of amides is 2. The molecule has 0 atom stereocenters. The van der Waals surface area contributed by atoms with Gasteiger partial charge in [0.25, 0.3) is 5.97 Å². The zero-order chi connectivity index (χ0) is 49.5. The number of methoxy groups -OCH3 is 2. The molecule has 2 amide bonds. The van der Waals surface area contributed by atoms with Gasteiger partial charge in [0.2, 0.25) is 5.96 Å². The van der Waals surface area contributed by atoms with Crippen molar-refractivity contribution in [2.45, 2.75) is 27.7 Å². The summed E-state index contributed by atoms with van der Waals surface area (Å²) in [5.41, 5.74) is 16.8. The molecule has 0 spiro atoms. The molecule has 0 saturated carbocycles. The molecule has 0 fully saturated rings. The molecule has 24 nitrogen and oxygen atoms in total. The van der Waals surface area contributed by atoms with E-state index in [1.54, 1.807) is 31.1 Å². The first-order valence-electron chi connectivity index (χ1n) is 20.4. The predicted molar refractivity (Wildman–Crippen MR) is 258 cm³/mol. The summed E-state index contributed by atoms with van der Waals surface area (Å²) in [6.45, 7) is 10.8. The fourth-order valence-electron chi connectivity index (χ4n) is 6.71. The lowest BCUT2D eigenvalue weighted by Crippen LogP contribution is -2.38. The maximum atomic E-state index is 11.7. The first kappa shape index (κ1) is 50.1. The molecule has 0 unspecified atom stereocenters. The summed E-state index contributed by atoms with van der Waals surface area (Å²) in [6.07, 6.45) is 5.82. The van der Waals surface area contributed by atoms with Crippen LogP contribution in [-0.2, 0) is 14.3 Å². The van der Waals surface area contributed by atoms with Gasteiger partial charge in [0.05, 0.1) is 116 Å². The Morgan fingerprint density at radius 2 is 1.18 bits per heavy atom. The summed E-state index contributed by atoms with van der Waals surface area (Å²) in [4.78, 5) is 68.8. The molecule has 9 N–H and O–H groups in total. The summed E-state index contributed by atoms with van der Waals surface area (Å²) in [5, 5.41) is 44.8. The van der Waals surface area contributed by atoms with Gasteiger partial charge in [-0.05, 0) is 50.8 Å². The molecule has 0 aliphatic carbocycles. The van der Waals surface area contributed by atoms with Crippen molar-refractivity contribution in [3.8, 4) is 18.2 Å². The van der Waals surface area contributed by atoms with Crippen LogP contribution >= 0.6 is 11.8 Å². The Balaban J connectivity index is 0.000000170. The Labute approximate surface area is 393 Å². The van der Waals surface area contributed by atoms with E-state index in [-0.39, 0.29) is 6.09 Å². The van der Waals surface area contributed by atoms with Crippen LogP contribution in [0.25, 0.3) is 33.1 Å². The summed E-state index contributed by atoms with van der Waals surface area (Å²) in [7, 11) is 2.70. The fraction of sp³-hybridized carbons (Fsp3) is 0.302. The second-order valence-electron chi connectivity index (χ2n) is 14.3. The number of amidine groups is 1. The number of anilines is 3. The maximum absolute atomic E-state index is 11.7. The van der Waals surface area contributed by atoms with E-state index in [9.17, 15) is 14.9 Å². The van der Waals surface area contributed by atoms with Crippen molar-refractivity contribution in [2.75, 3.05) is 76.1 Å². The molecule has 3 aromatic carbocycles. The number of carbonyl (C=O) groups excluding carboxylic acids is 2. The third-order valence-corrected chi connectivity index (χ3v) is 10.8. The van der Waals surface area contributed by atoms with Gasteiger partial charge in [-0.15, -0.1) is 0 Å². The molecule has 25 heteroatoms. The SMILES string of the molecule is CC(=O)O.COC(=O)N1CCN=C1Nc1cc(C#N)c2[nH]cnc2c1C.COC(=O)N1CCN=C1SC.Cc1c(N)cc(C#N)c2[nH]cnc12.Cc1c(NC2=NCCN2)cc(C#N)c2[nH]cnc12. The molecule has 0 bridgehead atoms. The summed E-state index contributed by atoms with van der Waals surface area (Å²) in [5.74, 6) is 0.325. The number of carboxylic acid groups (broad SMARTS) is 1. The summed E-state index contributed by atoms with van der Waals surface area (Å²) < 4.78 is 9.29. The number of imidazole rings is 3. The Morgan fingerprint density at radius 3 is 1.65 bits per heavy atom. The molecular formula is C43H48N18O6S. The van der Waals surface area contributed by atoms with Crippen molar-refractivity contribution in [3.63, 3.8) is 0 Å². The molecule has 0 radical (unpaired) electrons. The number of guanidine groups is 2. The number of thioether (sulfide) groups is 1. The number of aliphatic carboxylic acids is 1. The Morgan fingerprint density at radius 1 is 0.721 bits per heavy atom. The number of H-pyrrole nitrogens is 3. The van der Waals surface area contributed by atoms with Gasteiger partial charge >= 0.3 is 12.2 Å². The number of aryl methyl sites for hydroxylation is 3. The number of nitrogens with two attached hydrogens (primary N) is 1. The quantitative estimate of drug-likeness (QED) is 0.107. The normalized spacial score (nSPS) is 13.2. The Hall–Kier alpha value is -8.89. The van der Waals surface area contributed by atoms with Crippen molar-refractivity contribution in [3.05, 3.63) is 70.6 Å². The van der Waals surface area contributed by atoms with E-state index in [1.807, 2.05) is 33.1 Å². The second-order valence-corrected chi connectivity index (χ2v) is 15.1. The third kappa shape index (κ3) is 11.7. The number of aromatic amines is 3. The number of fused-ring (bicyclic) bond motifs is 3. The monoisotopic (exact) mass is 944 g/mol. The number of rotatable bonds is 2. The first-order valence-corrected chi connectivity index (χ1v) is 21.7. The second kappa shape index (κ2) is 23.3. The van der Waals surface area contributed by atoms with Gasteiger partial charge in [0.15, 0.2) is 11.1 Å². The topological polar surface area (TPSA) is 353 Å². The number of ether oxygens (including phenoxy) is 2. The van der Waals surface area contributed by atoms with Gasteiger partial charge in [-0.3, -0.25) is 24.7 Å². The van der Waals surface area contributed by atoms with Crippen molar-refractivity contribution in [2.24, 2.45) is 15.0 Å². The van der Waals surface area contributed by atoms with Gasteiger partial charge in [0, 0.05) is 41.7 Å². The number of aliphatic imine (C=N–C) groups is 3. The zero-order valence-corrected chi connectivity index (χ0v) is 38.9. The highest BCUT2D eigenvalue weighted by Crippen LogP contribution is 2.28. The molecule has 0 saturated heterocycles. The molecule has 3 aromatic heterocycles. The van der Waals surface area contributed by atoms with Gasteiger partial charge < -0.3 is 51.2 Å². The van der Waals surface area contributed by atoms with Crippen LogP contribution in [0.1, 0.15) is 40.3 Å². The van der Waals surface area contributed by atoms with Crippen LogP contribution in [0, 0.1) is 54.8 Å². The molecule has 352 valence electrons. The standard InChI is InChI=1S/C14H14N6O2.C12H12N6.C9H8N4.C6H10N2O2S.C2H4O2/c1-8-10(5-9(6-15)12-11(8)17-7-18-12)19-13-16-3-4-20(13)14(21)22-2;1-7-9(18-12-14-2-3-15-12)4-8(5-13)11-10(7)16-6-17-11;1-5-7(11)2-6(3-10)9-8(5)12-4-13-9;1-10-6(9)8-4-3-7-5(8)11-2;1-2(3)4/h5,7H,3-4H2,1-2H3,(H,16,19)(H,17,18);4,6H,2-3H2,1H3,(H,16,17)(H2,14,15,18);2,4H,11H2,1H3,(H,12,13);3-4H2,1-2H3;1H3,(H,3,4). The molecular weight excluding hydrogens is 897 g/mol. The van der Waals surface area contributed by atoms with Crippen LogP contribution in [0.15, 0.2) is 52.2 Å². The minimum atomic E-state index is -0.833. The summed E-state index contributed by atoms with van der Waals surface area (Å²) >= 11 is 1.46. The number of hydrogen-bond acceptors (Lipinski definition) is 19. The smallest absolute Gasteiger partial charge is 0.416 e. The maximum Gasteiger partial charge on any atom is 0.416 e. The van der Waals surface area contributed by atoms with E-state index in [4.69, 9.17) is 30.9 Å². The number of nitriles is 3. The van der Waals surface area contributed by atoms with Crippen molar-refractivity contribution in [1.29, 1.82) is 15.8 Å². The van der Waals surface area contributed by atoms with Crippen LogP contribution in [0.2, 0.25) is 0 Å². The molecule has 68 heavy (non-hydrogen) atoms. The number of nitrogens with zero attached hydrogens (tertiary/aromatic N) is 11.